The molecule has 4 aromatic carbocycles. The molecule has 7 unspecified atom stereocenters. The smallest absolute Gasteiger partial charge is 0.119 e. The fourth-order valence-corrected chi connectivity index (χ4v) is 13.1. The molecule has 10 rings (SSSR count). The maximum Gasteiger partial charge on any atom is 0.119 e. The molecule has 4 bridgehead atoms. The third-order valence-electron chi connectivity index (χ3n) is 18.2. The van der Waals surface area contributed by atoms with Gasteiger partial charge in [0.1, 0.15) is 5.75 Å². The van der Waals surface area contributed by atoms with Gasteiger partial charge in [-0.3, -0.25) is 0 Å². The molecular weight excluding hydrogens is 1100 g/mol. The molecule has 6 fully saturated rings. The zero-order valence-electron chi connectivity index (χ0n) is 59.1. The van der Waals surface area contributed by atoms with Crippen LogP contribution in [0.2, 0.25) is 0 Å². The summed E-state index contributed by atoms with van der Waals surface area (Å²) in [6.07, 6.45) is 32.5. The summed E-state index contributed by atoms with van der Waals surface area (Å²) in [6, 6.07) is 40.7. The molecule has 0 spiro atoms. The summed E-state index contributed by atoms with van der Waals surface area (Å²) >= 11 is 0. The highest BCUT2D eigenvalue weighted by Crippen LogP contribution is 2.50. The Morgan fingerprint density at radius 2 is 0.809 bits per heavy atom. The van der Waals surface area contributed by atoms with E-state index in [0.717, 1.165) is 139 Å². The zero-order valence-corrected chi connectivity index (χ0v) is 59.1. The van der Waals surface area contributed by atoms with Gasteiger partial charge in [0.15, 0.2) is 0 Å². The van der Waals surface area contributed by atoms with Crippen molar-refractivity contribution >= 4 is 0 Å². The molecule has 8 nitrogen and oxygen atoms in total. The van der Waals surface area contributed by atoms with Crippen LogP contribution in [0.5, 0.6) is 5.75 Å². The van der Waals surface area contributed by atoms with Crippen molar-refractivity contribution < 1.29 is 37.9 Å². The van der Waals surface area contributed by atoms with Gasteiger partial charge in [0.05, 0.1) is 44.2 Å². The van der Waals surface area contributed by atoms with E-state index >= 15 is 0 Å². The van der Waals surface area contributed by atoms with E-state index in [4.69, 9.17) is 37.9 Å². The van der Waals surface area contributed by atoms with Crippen LogP contribution in [0, 0.1) is 47.3 Å². The maximum absolute atomic E-state index is 5.58. The van der Waals surface area contributed by atoms with Crippen LogP contribution in [-0.4, -0.2) is 83.9 Å². The minimum atomic E-state index is 0.266. The second-order valence-corrected chi connectivity index (χ2v) is 26.7. The Morgan fingerprint density at radius 3 is 1.25 bits per heavy atom. The fourth-order valence-electron chi connectivity index (χ4n) is 13.1. The summed E-state index contributed by atoms with van der Waals surface area (Å²) in [5, 5.41) is 0. The number of hydrogen-bond donors (Lipinski definition) is 0. The van der Waals surface area contributed by atoms with Gasteiger partial charge >= 0.3 is 0 Å². The van der Waals surface area contributed by atoms with Crippen LogP contribution in [0.4, 0.5) is 0 Å². The van der Waals surface area contributed by atoms with Gasteiger partial charge in [0.25, 0.3) is 0 Å². The zero-order chi connectivity index (χ0) is 64.4. The van der Waals surface area contributed by atoms with Crippen molar-refractivity contribution in [2.24, 2.45) is 47.3 Å². The first-order valence-electron chi connectivity index (χ1n) is 36.3. The van der Waals surface area contributed by atoms with Crippen molar-refractivity contribution in [3.05, 3.63) is 138 Å². The minimum absolute atomic E-state index is 0.266. The molecule has 6 aliphatic rings. The van der Waals surface area contributed by atoms with Crippen molar-refractivity contribution in [1.29, 1.82) is 0 Å². The molecule has 8 heteroatoms. The summed E-state index contributed by atoms with van der Waals surface area (Å²) in [5.74, 6) is 9.04. The van der Waals surface area contributed by atoms with E-state index in [1.807, 2.05) is 100 Å². The summed E-state index contributed by atoms with van der Waals surface area (Å²) in [6.45, 7) is 34.7. The van der Waals surface area contributed by atoms with Crippen LogP contribution in [0.25, 0.3) is 0 Å². The van der Waals surface area contributed by atoms with E-state index in [2.05, 4.69) is 104 Å². The van der Waals surface area contributed by atoms with Gasteiger partial charge < -0.3 is 37.9 Å². The Labute approximate surface area is 547 Å². The van der Waals surface area contributed by atoms with E-state index in [0.29, 0.717) is 18.3 Å². The number of hydrogen-bond acceptors (Lipinski definition) is 8. The Morgan fingerprint density at radius 1 is 0.371 bits per heavy atom. The standard InChI is InChI=1S/C11H20O.2C11H16O.C10H18O.C10H14O.C10H20O.C9H12O.C9H18O/c1-2-12-6-5-11-8-9-3-4-10(11)7-9;1-10(2)12-9-8-11-6-4-3-5-7-11;1-3-10(2)12-9-11-7-5-4-6-8-11;1-2-11-7-10-6-8-3-4-9(10)5-8;1-9(2)11-8-10-6-4-3-5-7-10;1-2-11-9-8-10-6-4-3-5-7-10;1-8(2)10-9-6-4-3-5-7-9;1-2-10-8-9-6-4-3-5-7-9/h9-11H,2-8H2,1H3;3-7,10H,8-9H2,1-2H3;4-8,10H,3,9H2,1-2H3;8-10H,2-7H2,1H3;3-7,9H,8H2,1-2H3;10H,2-9H2,1H3;3-8H,1-2H3;9H,2-8H2,1H3. The van der Waals surface area contributed by atoms with Crippen molar-refractivity contribution in [1.82, 2.24) is 0 Å². The van der Waals surface area contributed by atoms with Crippen molar-refractivity contribution in [3.8, 4) is 5.75 Å². The lowest BCUT2D eigenvalue weighted by Gasteiger charge is -2.20. The summed E-state index contributed by atoms with van der Waals surface area (Å²) in [5.41, 5.74) is 3.83. The van der Waals surface area contributed by atoms with Gasteiger partial charge in [-0.1, -0.05) is 180 Å². The highest BCUT2D eigenvalue weighted by Gasteiger charge is 2.40. The lowest BCUT2D eigenvalue weighted by Crippen LogP contribution is -2.16. The lowest BCUT2D eigenvalue weighted by molar-refractivity contribution is 0.0508. The SMILES string of the molecule is CC(C)OCCc1ccccc1.CC(C)OCc1ccccc1.CC(C)Oc1ccccc1.CCC(C)OCc1ccccc1.CCOCC1CC2CCC1C2.CCOCC1CCCCC1.CCOCCC1CC2CCC1C2.CCOCCC1CCCCC1. The highest BCUT2D eigenvalue weighted by atomic mass is 16.5. The van der Waals surface area contributed by atoms with E-state index < -0.39 is 0 Å². The van der Waals surface area contributed by atoms with Gasteiger partial charge in [-0.05, 0) is 229 Å². The van der Waals surface area contributed by atoms with E-state index in [9.17, 15) is 0 Å². The van der Waals surface area contributed by atoms with E-state index in [-0.39, 0.29) is 6.10 Å². The normalized spacial score (nSPS) is 20.9. The van der Waals surface area contributed by atoms with Gasteiger partial charge in [-0.25, -0.2) is 0 Å². The van der Waals surface area contributed by atoms with Crippen LogP contribution in [0.3, 0.4) is 0 Å². The molecule has 0 N–H and O–H groups in total. The van der Waals surface area contributed by atoms with Gasteiger partial charge in [0.2, 0.25) is 0 Å². The third-order valence-corrected chi connectivity index (χ3v) is 18.2. The van der Waals surface area contributed by atoms with Crippen LogP contribution in [0.15, 0.2) is 121 Å². The van der Waals surface area contributed by atoms with Crippen LogP contribution in [0.1, 0.15) is 235 Å². The number of fused-ring (bicyclic) bond motifs is 4. The average molecular weight is 1240 g/mol. The molecule has 6 saturated carbocycles. The Kier molecular flexibility index (Phi) is 47.3. The molecule has 4 aromatic rings. The van der Waals surface area contributed by atoms with E-state index in [1.54, 1.807) is 0 Å². The van der Waals surface area contributed by atoms with Gasteiger partial charge in [0, 0.05) is 52.9 Å². The quantitative estimate of drug-likeness (QED) is 0.0547. The van der Waals surface area contributed by atoms with Crippen LogP contribution < -0.4 is 4.74 Å². The molecule has 0 amide bonds. The summed E-state index contributed by atoms with van der Waals surface area (Å²) < 4.78 is 43.4. The molecule has 6 aliphatic carbocycles. The van der Waals surface area contributed by atoms with Crippen molar-refractivity contribution in [2.75, 3.05) is 59.5 Å². The molecule has 0 heterocycles. The molecule has 0 aromatic heterocycles. The number of para-hydroxylation sites is 1. The molecule has 506 valence electrons. The third kappa shape index (κ3) is 40.9. The van der Waals surface area contributed by atoms with Crippen molar-refractivity contribution in [2.45, 2.75) is 262 Å². The number of ether oxygens (including phenoxy) is 8. The topological polar surface area (TPSA) is 73.8 Å². The minimum Gasteiger partial charge on any atom is -0.491 e. The highest BCUT2D eigenvalue weighted by molar-refractivity contribution is 5.21. The number of benzene rings is 4. The van der Waals surface area contributed by atoms with E-state index in [1.165, 1.54) is 145 Å². The largest absolute Gasteiger partial charge is 0.491 e. The first-order valence-corrected chi connectivity index (χ1v) is 36.3. The summed E-state index contributed by atoms with van der Waals surface area (Å²) in [4.78, 5) is 0. The molecule has 7 atom stereocenters. The van der Waals surface area contributed by atoms with Crippen molar-refractivity contribution in [3.63, 3.8) is 0 Å². The fraction of sp³-hybridized carbons (Fsp3) is 0.704. The lowest BCUT2D eigenvalue weighted by atomic mass is 9.87. The first kappa shape index (κ1) is 79.6. The molecule has 0 saturated heterocycles. The molecule has 89 heavy (non-hydrogen) atoms. The predicted molar refractivity (Wildman–Crippen MR) is 377 cm³/mol. The average Bonchev–Trinajstić information content (AvgIpc) is 3.44. The Hall–Kier alpha value is -3.60. The van der Waals surface area contributed by atoms with Gasteiger partial charge in [-0.15, -0.1) is 0 Å². The first-order chi connectivity index (χ1) is 43.3. The Balaban J connectivity index is 0.000000266. The van der Waals surface area contributed by atoms with Crippen LogP contribution in [-0.2, 0) is 52.8 Å². The number of rotatable bonds is 27. The molecule has 0 aliphatic heterocycles. The second kappa shape index (κ2) is 52.8. The van der Waals surface area contributed by atoms with Crippen LogP contribution >= 0.6 is 0 Å². The predicted octanol–water partition coefficient (Wildman–Crippen LogP) is 21.6. The maximum atomic E-state index is 5.58. The molecular formula is C81H134O8. The monoisotopic (exact) mass is 1240 g/mol. The summed E-state index contributed by atoms with van der Waals surface area (Å²) in [7, 11) is 0. The molecule has 0 radical (unpaired) electrons. The second-order valence-electron chi connectivity index (χ2n) is 26.7. The Bertz CT molecular complexity index is 2110. The van der Waals surface area contributed by atoms with Gasteiger partial charge in [-0.2, -0.15) is 0 Å².